The highest BCUT2D eigenvalue weighted by molar-refractivity contribution is 7.99. The standard InChI is InChI=1S/C23H29N5O2S2/c1-15-6-5-7-20(18(15)4)28-9-8-24-23(28)32-14-21(29)26-22-25-19(13-31-22)12-27-10-16(2)30-17(3)11-27/h5-9,13,16-17H,10-12,14H2,1-4H3,(H,25,26,29). The number of thiazole rings is 1. The van der Waals surface area contributed by atoms with Gasteiger partial charge in [0.1, 0.15) is 0 Å². The second kappa shape index (κ2) is 10.2. The van der Waals surface area contributed by atoms with E-state index in [-0.39, 0.29) is 23.9 Å². The lowest BCUT2D eigenvalue weighted by Gasteiger charge is -2.34. The van der Waals surface area contributed by atoms with E-state index in [0.717, 1.165) is 36.2 Å². The van der Waals surface area contributed by atoms with Crippen LogP contribution in [0.3, 0.4) is 0 Å². The van der Waals surface area contributed by atoms with Crippen molar-refractivity contribution in [2.75, 3.05) is 24.2 Å². The molecule has 7 nitrogen and oxygen atoms in total. The van der Waals surface area contributed by atoms with E-state index in [1.54, 1.807) is 6.20 Å². The zero-order chi connectivity index (χ0) is 22.7. The lowest BCUT2D eigenvalue weighted by molar-refractivity contribution is -0.113. The zero-order valence-electron chi connectivity index (χ0n) is 18.9. The van der Waals surface area contributed by atoms with E-state index in [0.29, 0.717) is 5.13 Å². The van der Waals surface area contributed by atoms with Gasteiger partial charge in [-0.15, -0.1) is 11.3 Å². The summed E-state index contributed by atoms with van der Waals surface area (Å²) >= 11 is 2.88. The van der Waals surface area contributed by atoms with Crippen LogP contribution in [0.25, 0.3) is 5.69 Å². The second-order valence-corrected chi connectivity index (χ2v) is 10.0. The lowest BCUT2D eigenvalue weighted by Crippen LogP contribution is -2.44. The summed E-state index contributed by atoms with van der Waals surface area (Å²) in [5, 5.41) is 6.37. The Labute approximate surface area is 197 Å². The largest absolute Gasteiger partial charge is 0.373 e. The van der Waals surface area contributed by atoms with E-state index in [9.17, 15) is 4.79 Å². The van der Waals surface area contributed by atoms with Crippen LogP contribution in [0.2, 0.25) is 0 Å². The first-order valence-corrected chi connectivity index (χ1v) is 12.6. The Balaban J connectivity index is 1.32. The van der Waals surface area contributed by atoms with E-state index in [4.69, 9.17) is 4.74 Å². The Kier molecular flexibility index (Phi) is 7.30. The first-order chi connectivity index (χ1) is 15.4. The van der Waals surface area contributed by atoms with Gasteiger partial charge in [0, 0.05) is 37.4 Å². The van der Waals surface area contributed by atoms with Crippen LogP contribution in [0.5, 0.6) is 0 Å². The highest BCUT2D eigenvalue weighted by Crippen LogP contribution is 2.25. The number of thioether (sulfide) groups is 1. The van der Waals surface area contributed by atoms with E-state index in [1.807, 2.05) is 22.2 Å². The number of amides is 1. The van der Waals surface area contributed by atoms with Crippen molar-refractivity contribution in [2.24, 2.45) is 0 Å². The Morgan fingerprint density at radius 1 is 1.28 bits per heavy atom. The third-order valence-corrected chi connectivity index (χ3v) is 7.23. The number of aryl methyl sites for hydroxylation is 1. The summed E-state index contributed by atoms with van der Waals surface area (Å²) < 4.78 is 7.83. The van der Waals surface area contributed by atoms with Gasteiger partial charge < -0.3 is 10.1 Å². The number of morpholine rings is 1. The van der Waals surface area contributed by atoms with Crippen molar-refractivity contribution in [3.63, 3.8) is 0 Å². The van der Waals surface area contributed by atoms with Crippen LogP contribution in [0.4, 0.5) is 5.13 Å². The molecule has 1 fully saturated rings. The second-order valence-electron chi connectivity index (χ2n) is 8.23. The van der Waals surface area contributed by atoms with Crippen LogP contribution in [0.15, 0.2) is 41.1 Å². The number of nitrogens with one attached hydrogen (secondary N) is 1. The third kappa shape index (κ3) is 5.58. The van der Waals surface area contributed by atoms with Crippen molar-refractivity contribution >= 4 is 34.1 Å². The minimum Gasteiger partial charge on any atom is -0.373 e. The number of nitrogens with zero attached hydrogens (tertiary/aromatic N) is 4. The minimum atomic E-state index is -0.0833. The number of carbonyl (C=O) groups excluding carboxylic acids is 1. The number of ether oxygens (including phenoxy) is 1. The van der Waals surface area contributed by atoms with Gasteiger partial charge in [0.05, 0.1) is 29.3 Å². The number of hydrogen-bond acceptors (Lipinski definition) is 7. The molecule has 2 aromatic heterocycles. The van der Waals surface area contributed by atoms with Crippen LogP contribution >= 0.6 is 23.1 Å². The van der Waals surface area contributed by atoms with Gasteiger partial charge in [-0.3, -0.25) is 14.3 Å². The van der Waals surface area contributed by atoms with Gasteiger partial charge in [-0.05, 0) is 44.9 Å². The molecular formula is C23H29N5O2S2. The molecule has 0 saturated carbocycles. The summed E-state index contributed by atoms with van der Waals surface area (Å²) in [5.41, 5.74) is 4.49. The fourth-order valence-corrected chi connectivity index (χ4v) is 5.43. The lowest BCUT2D eigenvalue weighted by atomic mass is 10.1. The molecule has 1 aliphatic heterocycles. The summed E-state index contributed by atoms with van der Waals surface area (Å²) in [6.45, 7) is 11.0. The van der Waals surface area contributed by atoms with Crippen LogP contribution in [-0.2, 0) is 16.1 Å². The highest BCUT2D eigenvalue weighted by atomic mass is 32.2. The topological polar surface area (TPSA) is 72.3 Å². The molecule has 3 heterocycles. The predicted octanol–water partition coefficient (Wildman–Crippen LogP) is 4.29. The van der Waals surface area contributed by atoms with Crippen molar-refractivity contribution in [2.45, 2.75) is 51.6 Å². The van der Waals surface area contributed by atoms with Crippen LogP contribution in [-0.4, -0.2) is 56.4 Å². The van der Waals surface area contributed by atoms with Crippen LogP contribution < -0.4 is 5.32 Å². The zero-order valence-corrected chi connectivity index (χ0v) is 20.5. The molecule has 32 heavy (non-hydrogen) atoms. The Morgan fingerprint density at radius 2 is 2.06 bits per heavy atom. The van der Waals surface area contributed by atoms with Gasteiger partial charge in [0.2, 0.25) is 5.91 Å². The quantitative estimate of drug-likeness (QED) is 0.519. The fraction of sp³-hybridized carbons (Fsp3) is 0.435. The normalized spacial score (nSPS) is 19.2. The molecule has 3 aromatic rings. The average molecular weight is 472 g/mol. The molecule has 170 valence electrons. The molecule has 0 radical (unpaired) electrons. The average Bonchev–Trinajstić information content (AvgIpc) is 3.37. The van der Waals surface area contributed by atoms with Crippen LogP contribution in [0.1, 0.15) is 30.7 Å². The molecule has 1 aromatic carbocycles. The van der Waals surface area contributed by atoms with Gasteiger partial charge in [-0.25, -0.2) is 9.97 Å². The number of aromatic nitrogens is 3. The molecule has 4 rings (SSSR count). The van der Waals surface area contributed by atoms with Crippen molar-refractivity contribution < 1.29 is 9.53 Å². The fourth-order valence-electron chi connectivity index (χ4n) is 3.94. The third-order valence-electron chi connectivity index (χ3n) is 5.45. The van der Waals surface area contributed by atoms with E-state index in [1.165, 1.54) is 34.2 Å². The molecule has 1 amide bonds. The van der Waals surface area contributed by atoms with Crippen LogP contribution in [0, 0.1) is 13.8 Å². The number of anilines is 1. The van der Waals surface area contributed by atoms with Gasteiger partial charge in [-0.2, -0.15) is 0 Å². The summed E-state index contributed by atoms with van der Waals surface area (Å²) in [4.78, 5) is 23.9. The predicted molar refractivity (Wildman–Crippen MR) is 130 cm³/mol. The number of carbonyl (C=O) groups is 1. The first-order valence-electron chi connectivity index (χ1n) is 10.7. The first kappa shape index (κ1) is 23.0. The molecule has 0 aliphatic carbocycles. The maximum atomic E-state index is 12.5. The Bertz CT molecular complexity index is 1070. The van der Waals surface area contributed by atoms with E-state index in [2.05, 4.69) is 60.0 Å². The van der Waals surface area contributed by atoms with Crippen molar-refractivity contribution in [3.05, 3.63) is 52.8 Å². The number of benzene rings is 1. The molecule has 0 spiro atoms. The summed E-state index contributed by atoms with van der Waals surface area (Å²) in [5.74, 6) is 0.190. The Hall–Kier alpha value is -2.20. The molecule has 1 N–H and O–H groups in total. The van der Waals surface area contributed by atoms with Gasteiger partial charge in [0.25, 0.3) is 0 Å². The maximum Gasteiger partial charge on any atom is 0.236 e. The van der Waals surface area contributed by atoms with Gasteiger partial charge in [0.15, 0.2) is 10.3 Å². The Morgan fingerprint density at radius 3 is 2.84 bits per heavy atom. The number of rotatable bonds is 7. The molecule has 1 saturated heterocycles. The summed E-state index contributed by atoms with van der Waals surface area (Å²) in [6, 6.07) is 6.21. The highest BCUT2D eigenvalue weighted by Gasteiger charge is 2.23. The van der Waals surface area contributed by atoms with Gasteiger partial charge in [-0.1, -0.05) is 23.9 Å². The molecule has 2 atom stereocenters. The van der Waals surface area contributed by atoms with Crippen molar-refractivity contribution in [1.82, 2.24) is 19.4 Å². The van der Waals surface area contributed by atoms with E-state index < -0.39 is 0 Å². The number of imidazole rings is 1. The van der Waals surface area contributed by atoms with Crippen molar-refractivity contribution in [1.29, 1.82) is 0 Å². The maximum absolute atomic E-state index is 12.5. The SMILES string of the molecule is Cc1cccc(-n2ccnc2SCC(=O)Nc2nc(CN3CC(C)OC(C)C3)cs2)c1C. The smallest absolute Gasteiger partial charge is 0.236 e. The summed E-state index contributed by atoms with van der Waals surface area (Å²) in [7, 11) is 0. The summed E-state index contributed by atoms with van der Waals surface area (Å²) in [6.07, 6.45) is 4.15. The monoisotopic (exact) mass is 471 g/mol. The molecule has 1 aliphatic rings. The molecular weight excluding hydrogens is 442 g/mol. The van der Waals surface area contributed by atoms with Crippen molar-refractivity contribution in [3.8, 4) is 5.69 Å². The number of hydrogen-bond donors (Lipinski definition) is 1. The minimum absolute atomic E-state index is 0.0833. The molecule has 0 bridgehead atoms. The van der Waals surface area contributed by atoms with E-state index >= 15 is 0 Å². The molecule has 9 heteroatoms. The molecule has 2 unspecified atom stereocenters. The van der Waals surface area contributed by atoms with Gasteiger partial charge >= 0.3 is 0 Å².